The van der Waals surface area contributed by atoms with Crippen LogP contribution in [0.3, 0.4) is 0 Å². The predicted octanol–water partition coefficient (Wildman–Crippen LogP) is 1.24. The van der Waals surface area contributed by atoms with E-state index in [4.69, 9.17) is 5.11 Å². The molecule has 0 aromatic carbocycles. The highest BCUT2D eigenvalue weighted by atomic mass is 19.3. The van der Waals surface area contributed by atoms with Crippen molar-refractivity contribution in [1.29, 1.82) is 0 Å². The highest BCUT2D eigenvalue weighted by Crippen LogP contribution is 2.31. The summed E-state index contributed by atoms with van der Waals surface area (Å²) in [7, 11) is 0. The van der Waals surface area contributed by atoms with Crippen molar-refractivity contribution < 1.29 is 28.0 Å². The summed E-state index contributed by atoms with van der Waals surface area (Å²) >= 11 is 0. The van der Waals surface area contributed by atoms with Gasteiger partial charge in [0.25, 0.3) is 0 Å². The largest absolute Gasteiger partial charge is 0.478 e. The number of amides is 1. The van der Waals surface area contributed by atoms with Crippen molar-refractivity contribution in [3.8, 4) is 0 Å². The van der Waals surface area contributed by atoms with Gasteiger partial charge in [-0.05, 0) is 25.1 Å². The molecular formula is C13H14F3N3O3. The van der Waals surface area contributed by atoms with E-state index in [0.29, 0.717) is 6.54 Å². The fraction of sp³-hybridized carbons (Fsp3) is 0.462. The zero-order valence-electron chi connectivity index (χ0n) is 11.4. The summed E-state index contributed by atoms with van der Waals surface area (Å²) in [6.07, 6.45) is 1.19. The van der Waals surface area contributed by atoms with Crippen LogP contribution < -0.4 is 5.32 Å². The van der Waals surface area contributed by atoms with Crippen molar-refractivity contribution in [1.82, 2.24) is 15.4 Å². The van der Waals surface area contributed by atoms with Crippen molar-refractivity contribution in [2.24, 2.45) is 5.92 Å². The maximum atomic E-state index is 13.9. The summed E-state index contributed by atoms with van der Waals surface area (Å²) in [5, 5.41) is 10.9. The molecule has 0 unspecified atom stereocenters. The quantitative estimate of drug-likeness (QED) is 0.799. The third kappa shape index (κ3) is 3.35. The number of carbonyl (C=O) groups is 2. The van der Waals surface area contributed by atoms with E-state index in [-0.39, 0.29) is 24.2 Å². The molecule has 2 heterocycles. The Morgan fingerprint density at radius 3 is 2.82 bits per heavy atom. The van der Waals surface area contributed by atoms with Crippen LogP contribution in [0.15, 0.2) is 18.3 Å². The van der Waals surface area contributed by atoms with E-state index < -0.39 is 35.4 Å². The van der Waals surface area contributed by atoms with Gasteiger partial charge in [-0.1, -0.05) is 4.48 Å². The molecule has 1 aromatic heterocycles. The van der Waals surface area contributed by atoms with Crippen LogP contribution in [0.2, 0.25) is 0 Å². The van der Waals surface area contributed by atoms with Gasteiger partial charge in [-0.25, -0.2) is 4.79 Å². The molecule has 1 fully saturated rings. The van der Waals surface area contributed by atoms with E-state index >= 15 is 0 Å². The molecule has 1 aliphatic rings. The van der Waals surface area contributed by atoms with Crippen molar-refractivity contribution in [2.75, 3.05) is 13.1 Å². The number of halogens is 3. The minimum atomic E-state index is -3.82. The van der Waals surface area contributed by atoms with Gasteiger partial charge in [0.05, 0.1) is 17.8 Å². The third-order valence-electron chi connectivity index (χ3n) is 3.44. The normalized spacial score (nSPS) is 18.2. The van der Waals surface area contributed by atoms with Crippen LogP contribution in [0.4, 0.5) is 13.3 Å². The Morgan fingerprint density at radius 2 is 2.23 bits per heavy atom. The lowest BCUT2D eigenvalue weighted by molar-refractivity contribution is -0.182. The standard InChI is InChI=1S/C13H14F3N3O3/c14-13(15,9-2-3-17-6-9)12(22)19(16)7-10-5-8(11(20)21)1-4-18-10/h1,4-5,9,17H,2-3,6-7H2,(H,20,21)/t9-/m1/s1. The Morgan fingerprint density at radius 1 is 1.50 bits per heavy atom. The van der Waals surface area contributed by atoms with Crippen molar-refractivity contribution >= 4 is 11.9 Å². The molecule has 2 rings (SSSR count). The number of aromatic carboxylic acids is 1. The average Bonchev–Trinajstić information content (AvgIpc) is 3.01. The molecule has 0 aliphatic carbocycles. The van der Waals surface area contributed by atoms with Gasteiger partial charge >= 0.3 is 17.8 Å². The number of nitrogens with one attached hydrogen (secondary N) is 1. The molecule has 120 valence electrons. The van der Waals surface area contributed by atoms with E-state index in [1.807, 2.05) is 0 Å². The number of carbonyl (C=O) groups excluding carboxylic acids is 1. The Labute approximate surface area is 123 Å². The second kappa shape index (κ2) is 6.30. The molecule has 0 radical (unpaired) electrons. The van der Waals surface area contributed by atoms with Gasteiger partial charge in [-0.3, -0.25) is 9.78 Å². The van der Waals surface area contributed by atoms with Crippen LogP contribution >= 0.6 is 0 Å². The fourth-order valence-electron chi connectivity index (χ4n) is 2.21. The number of pyridine rings is 1. The Balaban J connectivity index is 2.07. The summed E-state index contributed by atoms with van der Waals surface area (Å²) in [6, 6.07) is 2.20. The second-order valence-corrected chi connectivity index (χ2v) is 4.98. The third-order valence-corrected chi connectivity index (χ3v) is 3.44. The molecule has 6 nitrogen and oxygen atoms in total. The molecule has 9 heteroatoms. The lowest BCUT2D eigenvalue weighted by atomic mass is 10.00. The molecule has 22 heavy (non-hydrogen) atoms. The second-order valence-electron chi connectivity index (χ2n) is 4.98. The van der Waals surface area contributed by atoms with Crippen molar-refractivity contribution in [3.63, 3.8) is 0 Å². The first-order valence-electron chi connectivity index (χ1n) is 6.57. The van der Waals surface area contributed by atoms with E-state index in [1.165, 1.54) is 6.07 Å². The smallest absolute Gasteiger partial charge is 0.335 e. The molecule has 1 aromatic rings. The number of nitrogens with zero attached hydrogens (tertiary/aromatic N) is 2. The predicted molar refractivity (Wildman–Crippen MR) is 68.8 cm³/mol. The summed E-state index contributed by atoms with van der Waals surface area (Å²) in [4.78, 5) is 26.1. The van der Waals surface area contributed by atoms with Gasteiger partial charge in [-0.15, -0.1) is 0 Å². The Kier molecular flexibility index (Phi) is 4.65. The zero-order chi connectivity index (χ0) is 16.3. The van der Waals surface area contributed by atoms with Crippen LogP contribution in [-0.2, 0) is 11.3 Å². The number of hydrogen-bond acceptors (Lipinski definition) is 4. The first kappa shape index (κ1) is 16.2. The number of carboxylic acids is 1. The molecule has 0 saturated carbocycles. The first-order chi connectivity index (χ1) is 10.3. The maximum Gasteiger partial charge on any atom is 0.335 e. The van der Waals surface area contributed by atoms with Gasteiger partial charge in [0.15, 0.2) is 0 Å². The van der Waals surface area contributed by atoms with E-state index in [1.54, 1.807) is 0 Å². The zero-order valence-corrected chi connectivity index (χ0v) is 11.4. The van der Waals surface area contributed by atoms with Gasteiger partial charge in [0.1, 0.15) is 0 Å². The van der Waals surface area contributed by atoms with Crippen molar-refractivity contribution in [2.45, 2.75) is 18.9 Å². The number of rotatable bonds is 5. The minimum Gasteiger partial charge on any atom is -0.478 e. The molecule has 1 aliphatic heterocycles. The number of hydrogen-bond donors (Lipinski definition) is 2. The van der Waals surface area contributed by atoms with Gasteiger partial charge in [0.2, 0.25) is 0 Å². The Bertz CT molecular complexity index is 577. The van der Waals surface area contributed by atoms with Crippen LogP contribution in [0.5, 0.6) is 0 Å². The number of alkyl halides is 2. The molecular weight excluding hydrogens is 303 g/mol. The minimum absolute atomic E-state index is 0.0562. The first-order valence-corrected chi connectivity index (χ1v) is 6.57. The Hall–Kier alpha value is -2.16. The summed E-state index contributed by atoms with van der Waals surface area (Å²) in [5.74, 6) is -8.27. The highest BCUT2D eigenvalue weighted by Gasteiger charge is 2.50. The monoisotopic (exact) mass is 317 g/mol. The van der Waals surface area contributed by atoms with E-state index in [2.05, 4.69) is 10.3 Å². The van der Waals surface area contributed by atoms with Crippen molar-refractivity contribution in [3.05, 3.63) is 29.6 Å². The summed E-state index contributed by atoms with van der Waals surface area (Å²) in [5.41, 5.74) is -0.298. The van der Waals surface area contributed by atoms with Crippen LogP contribution in [0.1, 0.15) is 22.5 Å². The molecule has 2 N–H and O–H groups in total. The average molecular weight is 317 g/mol. The number of aromatic nitrogens is 1. The molecule has 0 spiro atoms. The van der Waals surface area contributed by atoms with E-state index in [9.17, 15) is 22.9 Å². The highest BCUT2D eigenvalue weighted by molar-refractivity contribution is 5.87. The lowest BCUT2D eigenvalue weighted by Gasteiger charge is -2.23. The van der Waals surface area contributed by atoms with Crippen LogP contribution in [0.25, 0.3) is 0 Å². The fourth-order valence-corrected chi connectivity index (χ4v) is 2.21. The van der Waals surface area contributed by atoms with Gasteiger partial charge in [0, 0.05) is 18.7 Å². The molecule has 1 amide bonds. The number of carboxylic acid groups (broad SMARTS) is 1. The molecule has 1 saturated heterocycles. The van der Waals surface area contributed by atoms with Crippen LogP contribution in [0, 0.1) is 5.92 Å². The summed E-state index contributed by atoms with van der Waals surface area (Å²) < 4.78 is 41.6. The van der Waals surface area contributed by atoms with Gasteiger partial charge in [-0.2, -0.15) is 13.9 Å². The van der Waals surface area contributed by atoms with Gasteiger partial charge < -0.3 is 10.4 Å². The summed E-state index contributed by atoms with van der Waals surface area (Å²) in [6.45, 7) is -0.545. The SMILES string of the molecule is O=C(O)c1ccnc(CN(F)C(=O)C(F)(F)[C@@H]2CCNC2)c1. The maximum absolute atomic E-state index is 13.9. The molecule has 0 bridgehead atoms. The van der Waals surface area contributed by atoms with E-state index in [0.717, 1.165) is 12.3 Å². The molecule has 1 atom stereocenters. The lowest BCUT2D eigenvalue weighted by Crippen LogP contribution is -2.45. The van der Waals surface area contributed by atoms with Crippen LogP contribution in [-0.4, -0.2) is 46.1 Å². The topological polar surface area (TPSA) is 82.5 Å².